The molecule has 2 N–H and O–H groups in total. The van der Waals surface area contributed by atoms with E-state index in [1.807, 2.05) is 49.4 Å². The lowest BCUT2D eigenvalue weighted by atomic mass is 9.95. The molecule has 0 unspecified atom stereocenters. The summed E-state index contributed by atoms with van der Waals surface area (Å²) in [6.45, 7) is 1.99. The third kappa shape index (κ3) is 3.07. The monoisotopic (exact) mass is 348 g/mol. The quantitative estimate of drug-likeness (QED) is 0.727. The van der Waals surface area contributed by atoms with Crippen molar-refractivity contribution in [1.29, 1.82) is 0 Å². The number of hydrogen-bond acceptors (Lipinski definition) is 2. The Kier molecular flexibility index (Phi) is 4.41. The molecular formula is C22H24N2O2. The summed E-state index contributed by atoms with van der Waals surface area (Å²) in [6.07, 6.45) is 4.67. The van der Waals surface area contributed by atoms with Crippen molar-refractivity contribution in [3.63, 3.8) is 0 Å². The van der Waals surface area contributed by atoms with E-state index in [-0.39, 0.29) is 11.9 Å². The first-order valence-electron chi connectivity index (χ1n) is 9.24. The van der Waals surface area contributed by atoms with E-state index < -0.39 is 0 Å². The number of H-pyrrole nitrogens is 1. The summed E-state index contributed by atoms with van der Waals surface area (Å²) in [5.41, 5.74) is 5.60. The number of amides is 1. The standard InChI is InChI=1S/C22H24N2O2/c1-14(15-6-5-7-17(12-15)26-2)23-22(25)16-10-11-21-19(13-16)18-8-3-4-9-20(18)24-21/h5-7,10-14,24H,3-4,8-9H2,1-2H3,(H,23,25)/t14-/m1/s1. The van der Waals surface area contributed by atoms with Crippen LogP contribution in [-0.2, 0) is 12.8 Å². The van der Waals surface area contributed by atoms with Gasteiger partial charge in [-0.3, -0.25) is 4.79 Å². The zero-order valence-corrected chi connectivity index (χ0v) is 15.3. The lowest BCUT2D eigenvalue weighted by Gasteiger charge is -2.15. The molecule has 0 radical (unpaired) electrons. The average molecular weight is 348 g/mol. The van der Waals surface area contributed by atoms with Gasteiger partial charge in [-0.2, -0.15) is 0 Å². The van der Waals surface area contributed by atoms with Crippen LogP contribution in [0, 0.1) is 0 Å². The lowest BCUT2D eigenvalue weighted by molar-refractivity contribution is 0.0940. The zero-order chi connectivity index (χ0) is 18.1. The van der Waals surface area contributed by atoms with Crippen LogP contribution in [0.1, 0.15) is 53.0 Å². The van der Waals surface area contributed by atoms with Crippen LogP contribution in [0.2, 0.25) is 0 Å². The van der Waals surface area contributed by atoms with Gasteiger partial charge < -0.3 is 15.0 Å². The number of carbonyl (C=O) groups excluding carboxylic acids is 1. The van der Waals surface area contributed by atoms with Gasteiger partial charge in [0.15, 0.2) is 0 Å². The van der Waals surface area contributed by atoms with E-state index in [1.165, 1.54) is 29.5 Å². The minimum absolute atomic E-state index is 0.0482. The highest BCUT2D eigenvalue weighted by atomic mass is 16.5. The van der Waals surface area contributed by atoms with Crippen LogP contribution in [0.3, 0.4) is 0 Å². The van der Waals surface area contributed by atoms with Crippen molar-refractivity contribution in [2.24, 2.45) is 0 Å². The first-order chi connectivity index (χ1) is 12.7. The van der Waals surface area contributed by atoms with Gasteiger partial charge in [0.05, 0.1) is 13.2 Å². The highest BCUT2D eigenvalue weighted by molar-refractivity contribution is 5.99. The second-order valence-electron chi connectivity index (χ2n) is 7.02. The Morgan fingerprint density at radius 2 is 2.00 bits per heavy atom. The maximum Gasteiger partial charge on any atom is 0.251 e. The van der Waals surface area contributed by atoms with Crippen molar-refractivity contribution in [3.8, 4) is 5.75 Å². The van der Waals surface area contributed by atoms with Gasteiger partial charge in [-0.25, -0.2) is 0 Å². The van der Waals surface area contributed by atoms with Crippen molar-refractivity contribution < 1.29 is 9.53 Å². The Balaban J connectivity index is 1.57. The number of aryl methyl sites for hydroxylation is 2. The van der Waals surface area contributed by atoms with E-state index in [4.69, 9.17) is 4.74 Å². The number of fused-ring (bicyclic) bond motifs is 3. The maximum atomic E-state index is 12.8. The van der Waals surface area contributed by atoms with E-state index in [0.717, 1.165) is 29.7 Å². The third-order valence-electron chi connectivity index (χ3n) is 5.30. The van der Waals surface area contributed by atoms with Crippen LogP contribution in [0.5, 0.6) is 5.75 Å². The number of aromatic amines is 1. The summed E-state index contributed by atoms with van der Waals surface area (Å²) >= 11 is 0. The molecule has 0 aliphatic heterocycles. The Bertz CT molecular complexity index is 958. The normalized spacial score (nSPS) is 14.7. The molecule has 0 saturated carbocycles. The minimum atomic E-state index is -0.0894. The molecule has 0 fully saturated rings. The molecule has 1 atom stereocenters. The Hall–Kier alpha value is -2.75. The van der Waals surface area contributed by atoms with Gasteiger partial charge >= 0.3 is 0 Å². The number of carbonyl (C=O) groups is 1. The molecule has 1 aliphatic rings. The predicted molar refractivity (Wildman–Crippen MR) is 104 cm³/mol. The molecule has 4 heteroatoms. The molecule has 4 rings (SSSR count). The van der Waals surface area contributed by atoms with Crippen molar-refractivity contribution in [2.45, 2.75) is 38.6 Å². The topological polar surface area (TPSA) is 54.1 Å². The van der Waals surface area contributed by atoms with Crippen molar-refractivity contribution in [3.05, 3.63) is 64.8 Å². The van der Waals surface area contributed by atoms with Crippen LogP contribution < -0.4 is 10.1 Å². The predicted octanol–water partition coefficient (Wildman–Crippen LogP) is 4.55. The van der Waals surface area contributed by atoms with Gasteiger partial charge in [0.2, 0.25) is 0 Å². The number of rotatable bonds is 4. The van der Waals surface area contributed by atoms with E-state index in [1.54, 1.807) is 7.11 Å². The molecule has 1 heterocycles. The number of benzene rings is 2. The van der Waals surface area contributed by atoms with E-state index in [9.17, 15) is 4.79 Å². The number of aromatic nitrogens is 1. The van der Waals surface area contributed by atoms with E-state index >= 15 is 0 Å². The highest BCUT2D eigenvalue weighted by Crippen LogP contribution is 2.30. The van der Waals surface area contributed by atoms with Crippen molar-refractivity contribution >= 4 is 16.8 Å². The van der Waals surface area contributed by atoms with Crippen LogP contribution >= 0.6 is 0 Å². The van der Waals surface area contributed by atoms with Gasteiger partial charge in [-0.05, 0) is 74.1 Å². The largest absolute Gasteiger partial charge is 0.497 e. The molecular weight excluding hydrogens is 324 g/mol. The summed E-state index contributed by atoms with van der Waals surface area (Å²) in [4.78, 5) is 16.3. The summed E-state index contributed by atoms with van der Waals surface area (Å²) in [6, 6.07) is 13.7. The van der Waals surface area contributed by atoms with Crippen LogP contribution in [0.4, 0.5) is 0 Å². The lowest BCUT2D eigenvalue weighted by Crippen LogP contribution is -2.26. The molecule has 4 nitrogen and oxygen atoms in total. The number of methoxy groups -OCH3 is 1. The molecule has 0 spiro atoms. The molecule has 1 amide bonds. The second kappa shape index (κ2) is 6.87. The smallest absolute Gasteiger partial charge is 0.251 e. The molecule has 0 saturated heterocycles. The molecule has 2 aromatic carbocycles. The van der Waals surface area contributed by atoms with E-state index in [2.05, 4.69) is 10.3 Å². The SMILES string of the molecule is COc1cccc([C@@H](C)NC(=O)c2ccc3[nH]c4c(c3c2)CCCC4)c1. The number of hydrogen-bond donors (Lipinski definition) is 2. The third-order valence-corrected chi connectivity index (χ3v) is 5.30. The molecule has 3 aromatic rings. The van der Waals surface area contributed by atoms with Crippen molar-refractivity contribution in [1.82, 2.24) is 10.3 Å². The summed E-state index contributed by atoms with van der Waals surface area (Å²) in [5, 5.41) is 4.29. The van der Waals surface area contributed by atoms with Gasteiger partial charge in [0.25, 0.3) is 5.91 Å². The Morgan fingerprint density at radius 1 is 1.15 bits per heavy atom. The molecule has 1 aliphatic carbocycles. The van der Waals surface area contributed by atoms with Crippen LogP contribution in [0.15, 0.2) is 42.5 Å². The molecule has 1 aromatic heterocycles. The summed E-state index contributed by atoms with van der Waals surface area (Å²) < 4.78 is 5.27. The first kappa shape index (κ1) is 16.7. The Labute approximate surface area is 153 Å². The first-order valence-corrected chi connectivity index (χ1v) is 9.24. The van der Waals surface area contributed by atoms with Gasteiger partial charge in [0.1, 0.15) is 5.75 Å². The summed E-state index contributed by atoms with van der Waals surface area (Å²) in [7, 11) is 1.65. The fourth-order valence-corrected chi connectivity index (χ4v) is 3.82. The van der Waals surface area contributed by atoms with Crippen LogP contribution in [0.25, 0.3) is 10.9 Å². The minimum Gasteiger partial charge on any atom is -0.497 e. The second-order valence-corrected chi connectivity index (χ2v) is 7.02. The van der Waals surface area contributed by atoms with Crippen molar-refractivity contribution in [2.75, 3.05) is 7.11 Å². The van der Waals surface area contributed by atoms with Gasteiger partial charge in [-0.1, -0.05) is 12.1 Å². The number of ether oxygens (including phenoxy) is 1. The van der Waals surface area contributed by atoms with Crippen LogP contribution in [-0.4, -0.2) is 18.0 Å². The fourth-order valence-electron chi connectivity index (χ4n) is 3.82. The van der Waals surface area contributed by atoms with E-state index in [0.29, 0.717) is 5.56 Å². The van der Waals surface area contributed by atoms with Gasteiger partial charge in [0, 0.05) is 22.2 Å². The van der Waals surface area contributed by atoms with Gasteiger partial charge in [-0.15, -0.1) is 0 Å². The zero-order valence-electron chi connectivity index (χ0n) is 15.3. The number of nitrogens with one attached hydrogen (secondary N) is 2. The summed E-state index contributed by atoms with van der Waals surface area (Å²) in [5.74, 6) is 0.747. The molecule has 134 valence electrons. The average Bonchev–Trinajstić information content (AvgIpc) is 3.05. The maximum absolute atomic E-state index is 12.8. The Morgan fingerprint density at radius 3 is 2.85 bits per heavy atom. The fraction of sp³-hybridized carbons (Fsp3) is 0.318. The molecule has 26 heavy (non-hydrogen) atoms. The molecule has 0 bridgehead atoms. The highest BCUT2D eigenvalue weighted by Gasteiger charge is 2.18.